The van der Waals surface area contributed by atoms with E-state index in [0.29, 0.717) is 44.0 Å². The quantitative estimate of drug-likeness (QED) is 0.709. The van der Waals surface area contributed by atoms with Crippen molar-refractivity contribution in [2.75, 3.05) is 32.9 Å². The molecule has 2 saturated heterocycles. The second kappa shape index (κ2) is 9.79. The molecule has 0 aliphatic carbocycles. The molecule has 4 heterocycles. The Bertz CT molecular complexity index is 1190. The molecule has 0 unspecified atom stereocenters. The summed E-state index contributed by atoms with van der Waals surface area (Å²) in [5.41, 5.74) is 2.05. The van der Waals surface area contributed by atoms with Gasteiger partial charge in [0.25, 0.3) is 5.56 Å². The Balaban J connectivity index is 1.56. The predicted octanol–water partition coefficient (Wildman–Crippen LogP) is 1.78. The largest absolute Gasteiger partial charge is 0.396 e. The van der Waals surface area contributed by atoms with E-state index in [2.05, 4.69) is 0 Å². The highest BCUT2D eigenvalue weighted by Gasteiger charge is 2.57. The molecule has 8 heteroatoms. The van der Waals surface area contributed by atoms with Crippen LogP contribution in [0, 0.1) is 11.8 Å². The molecule has 2 fully saturated rings. The number of ether oxygens (including phenoxy) is 1. The van der Waals surface area contributed by atoms with Crippen molar-refractivity contribution < 1.29 is 19.4 Å². The molecule has 2 amide bonds. The SMILES string of the molecule is CCC(=O)N1[C@@H]2Cn3c(ccc(/C=C/c4ccccc4)c3=O)[C@H]1[C@@H](C(=O)N1CCOCC1)[C@@H]2CO. The summed E-state index contributed by atoms with van der Waals surface area (Å²) in [5, 5.41) is 10.4. The number of aliphatic hydroxyl groups excluding tert-OH is 1. The summed E-state index contributed by atoms with van der Waals surface area (Å²) in [6, 6.07) is 12.4. The summed E-state index contributed by atoms with van der Waals surface area (Å²) in [6.45, 7) is 3.77. The van der Waals surface area contributed by atoms with Gasteiger partial charge in [0.2, 0.25) is 11.8 Å². The van der Waals surface area contributed by atoms with E-state index in [1.807, 2.05) is 42.5 Å². The first-order valence-corrected chi connectivity index (χ1v) is 12.3. The van der Waals surface area contributed by atoms with Crippen LogP contribution >= 0.6 is 0 Å². The van der Waals surface area contributed by atoms with Crippen molar-refractivity contribution in [3.63, 3.8) is 0 Å². The standard InChI is InChI=1S/C27H31N3O5/c1-2-23(32)30-22-16-29-21(11-10-19(26(29)33)9-8-18-6-4-3-5-7-18)25(30)24(20(22)17-31)27(34)28-12-14-35-15-13-28/h3-11,20,22,24-25,31H,2,12-17H2,1H3/b9-8+/t20-,22-,24+,25+/m1/s1. The van der Waals surface area contributed by atoms with Gasteiger partial charge in [-0.15, -0.1) is 0 Å². The third-order valence-electron chi connectivity index (χ3n) is 7.53. The number of carbonyl (C=O) groups excluding carboxylic acids is 2. The normalized spacial score (nSPS) is 25.7. The van der Waals surface area contributed by atoms with E-state index >= 15 is 0 Å². The van der Waals surface area contributed by atoms with Crippen LogP contribution in [0.3, 0.4) is 0 Å². The zero-order valence-corrected chi connectivity index (χ0v) is 19.9. The minimum atomic E-state index is -0.600. The van der Waals surface area contributed by atoms with Gasteiger partial charge in [0.05, 0.1) is 31.2 Å². The second-order valence-electron chi connectivity index (χ2n) is 9.35. The second-order valence-corrected chi connectivity index (χ2v) is 9.35. The Kier molecular flexibility index (Phi) is 6.58. The Labute approximate surface area is 204 Å². The van der Waals surface area contributed by atoms with Crippen LogP contribution in [0.15, 0.2) is 47.3 Å². The van der Waals surface area contributed by atoms with E-state index in [4.69, 9.17) is 4.74 Å². The van der Waals surface area contributed by atoms with E-state index in [1.54, 1.807) is 33.4 Å². The molecule has 1 N–H and O–H groups in total. The van der Waals surface area contributed by atoms with Crippen LogP contribution in [0.25, 0.3) is 12.2 Å². The molecule has 3 aliphatic rings. The molecular formula is C27H31N3O5. The maximum absolute atomic E-state index is 13.7. The molecule has 35 heavy (non-hydrogen) atoms. The lowest BCUT2D eigenvalue weighted by molar-refractivity contribution is -0.143. The smallest absolute Gasteiger partial charge is 0.258 e. The number of aromatic nitrogens is 1. The molecular weight excluding hydrogens is 446 g/mol. The van der Waals surface area contributed by atoms with E-state index in [-0.39, 0.29) is 30.5 Å². The highest BCUT2D eigenvalue weighted by Crippen LogP contribution is 2.49. The molecule has 5 rings (SSSR count). The number of pyridine rings is 1. The first-order chi connectivity index (χ1) is 17.0. The molecule has 1 aromatic heterocycles. The first-order valence-electron chi connectivity index (χ1n) is 12.3. The van der Waals surface area contributed by atoms with Gasteiger partial charge in [-0.05, 0) is 23.8 Å². The van der Waals surface area contributed by atoms with Crippen LogP contribution in [0.5, 0.6) is 0 Å². The van der Waals surface area contributed by atoms with Crippen molar-refractivity contribution in [1.82, 2.24) is 14.4 Å². The van der Waals surface area contributed by atoms with Crippen LogP contribution in [-0.2, 0) is 20.9 Å². The molecule has 184 valence electrons. The van der Waals surface area contributed by atoms with Crippen LogP contribution in [0.1, 0.15) is 36.2 Å². The summed E-state index contributed by atoms with van der Waals surface area (Å²) < 4.78 is 7.11. The molecule has 8 nitrogen and oxygen atoms in total. The van der Waals surface area contributed by atoms with Gasteiger partial charge in [-0.3, -0.25) is 14.4 Å². The maximum Gasteiger partial charge on any atom is 0.258 e. The maximum atomic E-state index is 13.7. The molecule has 0 saturated carbocycles. The average Bonchev–Trinajstić information content (AvgIpc) is 3.15. The number of rotatable bonds is 5. The van der Waals surface area contributed by atoms with Gasteiger partial charge in [0, 0.05) is 49.8 Å². The average molecular weight is 478 g/mol. The van der Waals surface area contributed by atoms with Crippen molar-refractivity contribution in [3.8, 4) is 0 Å². The molecule has 2 bridgehead atoms. The topological polar surface area (TPSA) is 92.1 Å². The lowest BCUT2D eigenvalue weighted by atomic mass is 9.86. The van der Waals surface area contributed by atoms with Gasteiger partial charge in [-0.2, -0.15) is 0 Å². The molecule has 1 aromatic carbocycles. The van der Waals surface area contributed by atoms with E-state index in [1.165, 1.54) is 0 Å². The van der Waals surface area contributed by atoms with Gasteiger partial charge in [0.1, 0.15) is 0 Å². The monoisotopic (exact) mass is 477 g/mol. The van der Waals surface area contributed by atoms with Crippen LogP contribution in [0.2, 0.25) is 0 Å². The number of hydrogen-bond donors (Lipinski definition) is 1. The summed E-state index contributed by atoms with van der Waals surface area (Å²) in [7, 11) is 0. The third kappa shape index (κ3) is 4.10. The Morgan fingerprint density at radius 2 is 1.83 bits per heavy atom. The summed E-state index contributed by atoms with van der Waals surface area (Å²) in [6.07, 6.45) is 4.00. The summed E-state index contributed by atoms with van der Waals surface area (Å²) in [5.74, 6) is -1.18. The van der Waals surface area contributed by atoms with E-state index in [0.717, 1.165) is 5.56 Å². The van der Waals surface area contributed by atoms with Crippen molar-refractivity contribution in [1.29, 1.82) is 0 Å². The number of fused-ring (bicyclic) bond motifs is 4. The van der Waals surface area contributed by atoms with Gasteiger partial charge >= 0.3 is 0 Å². The number of amides is 2. The fraction of sp³-hybridized carbons (Fsp3) is 0.444. The van der Waals surface area contributed by atoms with E-state index < -0.39 is 23.9 Å². The zero-order chi connectivity index (χ0) is 24.5. The minimum absolute atomic E-state index is 0.0672. The van der Waals surface area contributed by atoms with E-state index in [9.17, 15) is 19.5 Å². The lowest BCUT2D eigenvalue weighted by Gasteiger charge is -2.38. The molecule has 2 aromatic rings. The molecule has 0 radical (unpaired) electrons. The third-order valence-corrected chi connectivity index (χ3v) is 7.53. The molecule has 3 aliphatic heterocycles. The number of benzene rings is 1. The number of carbonyl (C=O) groups is 2. The molecule has 0 spiro atoms. The van der Waals surface area contributed by atoms with Gasteiger partial charge in [-0.1, -0.05) is 43.3 Å². The van der Waals surface area contributed by atoms with Crippen LogP contribution in [-0.4, -0.2) is 70.2 Å². The number of morpholine rings is 1. The fourth-order valence-electron chi connectivity index (χ4n) is 5.80. The summed E-state index contributed by atoms with van der Waals surface area (Å²) >= 11 is 0. The molecule has 4 atom stereocenters. The lowest BCUT2D eigenvalue weighted by Crippen LogP contribution is -2.49. The Morgan fingerprint density at radius 1 is 1.09 bits per heavy atom. The first kappa shape index (κ1) is 23.5. The number of hydrogen-bond acceptors (Lipinski definition) is 5. The van der Waals surface area contributed by atoms with Crippen molar-refractivity contribution in [3.05, 3.63) is 69.6 Å². The summed E-state index contributed by atoms with van der Waals surface area (Å²) in [4.78, 5) is 43.8. The minimum Gasteiger partial charge on any atom is -0.396 e. The predicted molar refractivity (Wildman–Crippen MR) is 131 cm³/mol. The van der Waals surface area contributed by atoms with Gasteiger partial charge in [-0.25, -0.2) is 0 Å². The van der Waals surface area contributed by atoms with Crippen molar-refractivity contribution in [2.45, 2.75) is 32.0 Å². The van der Waals surface area contributed by atoms with Crippen molar-refractivity contribution >= 4 is 24.0 Å². The Hall–Kier alpha value is -3.23. The van der Waals surface area contributed by atoms with Crippen LogP contribution in [0.4, 0.5) is 0 Å². The number of nitrogens with zero attached hydrogens (tertiary/aromatic N) is 3. The van der Waals surface area contributed by atoms with Crippen LogP contribution < -0.4 is 5.56 Å². The Morgan fingerprint density at radius 3 is 2.51 bits per heavy atom. The number of aliphatic hydroxyl groups is 1. The van der Waals surface area contributed by atoms with Gasteiger partial charge < -0.3 is 24.2 Å². The zero-order valence-electron chi connectivity index (χ0n) is 19.9. The fourth-order valence-corrected chi connectivity index (χ4v) is 5.80. The highest BCUT2D eigenvalue weighted by atomic mass is 16.5. The highest BCUT2D eigenvalue weighted by molar-refractivity contribution is 5.84. The van der Waals surface area contributed by atoms with Crippen molar-refractivity contribution in [2.24, 2.45) is 11.8 Å². The van der Waals surface area contributed by atoms with Gasteiger partial charge in [0.15, 0.2) is 0 Å².